The van der Waals surface area contributed by atoms with Crippen LogP contribution in [0, 0.1) is 18.3 Å². The number of anilines is 1. The van der Waals surface area contributed by atoms with Gasteiger partial charge in [-0.2, -0.15) is 5.26 Å². The van der Waals surface area contributed by atoms with Crippen molar-refractivity contribution in [2.24, 2.45) is 0 Å². The highest BCUT2D eigenvalue weighted by atomic mass is 79.9. The standard InChI is InChI=1S/C25H20BrN3O3S/c1-16-5-2-3-6-17(16)13-22-24(31)29(19-10-8-18(26)9-11-19)25(33-22)21(14-27)23(30)28-15-20-7-4-12-32-20/h2-12,22H,13,15H2,1H3,(H,28,30)/b25-21-. The van der Waals surface area contributed by atoms with Gasteiger partial charge >= 0.3 is 0 Å². The van der Waals surface area contributed by atoms with E-state index >= 15 is 0 Å². The fraction of sp³-hybridized carbons (Fsp3) is 0.160. The lowest BCUT2D eigenvalue weighted by molar-refractivity contribution is -0.117. The van der Waals surface area contributed by atoms with E-state index in [0.717, 1.165) is 15.6 Å². The third kappa shape index (κ3) is 5.05. The van der Waals surface area contributed by atoms with E-state index in [1.807, 2.05) is 49.4 Å². The van der Waals surface area contributed by atoms with Crippen molar-refractivity contribution in [3.63, 3.8) is 0 Å². The summed E-state index contributed by atoms with van der Waals surface area (Å²) in [6.07, 6.45) is 2.02. The molecule has 1 aliphatic heterocycles. The number of nitrogens with one attached hydrogen (secondary N) is 1. The van der Waals surface area contributed by atoms with Gasteiger partial charge in [-0.05, 0) is 60.9 Å². The fourth-order valence-electron chi connectivity index (χ4n) is 3.52. The van der Waals surface area contributed by atoms with Crippen LogP contribution in [0.15, 0.2) is 86.4 Å². The second kappa shape index (κ2) is 10.1. The summed E-state index contributed by atoms with van der Waals surface area (Å²) in [4.78, 5) is 27.9. The lowest BCUT2D eigenvalue weighted by atomic mass is 10.0. The van der Waals surface area contributed by atoms with Crippen molar-refractivity contribution >= 4 is 45.2 Å². The number of nitrogens with zero attached hydrogens (tertiary/aromatic N) is 2. The third-order valence-electron chi connectivity index (χ3n) is 5.26. The molecule has 1 saturated heterocycles. The van der Waals surface area contributed by atoms with Crippen LogP contribution in [0.4, 0.5) is 5.69 Å². The number of amides is 2. The molecule has 33 heavy (non-hydrogen) atoms. The van der Waals surface area contributed by atoms with Crippen LogP contribution >= 0.6 is 27.7 Å². The SMILES string of the molecule is Cc1ccccc1CC1S/C(=C(/C#N)C(=O)NCc2ccco2)N(c2ccc(Br)cc2)C1=O. The molecule has 4 rings (SSSR count). The van der Waals surface area contributed by atoms with E-state index in [4.69, 9.17) is 4.42 Å². The summed E-state index contributed by atoms with van der Waals surface area (Å²) < 4.78 is 6.11. The number of hydrogen-bond donors (Lipinski definition) is 1. The zero-order valence-corrected chi connectivity index (χ0v) is 20.2. The van der Waals surface area contributed by atoms with Gasteiger partial charge in [0.15, 0.2) is 0 Å². The fourth-order valence-corrected chi connectivity index (χ4v) is 5.08. The monoisotopic (exact) mass is 521 g/mol. The average molecular weight is 522 g/mol. The predicted molar refractivity (Wildman–Crippen MR) is 131 cm³/mol. The van der Waals surface area contributed by atoms with Gasteiger partial charge in [0.25, 0.3) is 5.91 Å². The van der Waals surface area contributed by atoms with Crippen molar-refractivity contribution in [2.45, 2.75) is 25.1 Å². The molecular weight excluding hydrogens is 502 g/mol. The van der Waals surface area contributed by atoms with Crippen LogP contribution in [0.3, 0.4) is 0 Å². The van der Waals surface area contributed by atoms with Gasteiger partial charge in [-0.15, -0.1) is 0 Å². The maximum Gasteiger partial charge on any atom is 0.265 e. The largest absolute Gasteiger partial charge is 0.467 e. The summed E-state index contributed by atoms with van der Waals surface area (Å²) >= 11 is 4.66. The first-order chi connectivity index (χ1) is 16.0. The van der Waals surface area contributed by atoms with Crippen LogP contribution in [0.5, 0.6) is 0 Å². The van der Waals surface area contributed by atoms with Crippen molar-refractivity contribution in [1.29, 1.82) is 5.26 Å². The number of furan rings is 1. The van der Waals surface area contributed by atoms with Crippen molar-refractivity contribution in [2.75, 3.05) is 4.90 Å². The van der Waals surface area contributed by atoms with Gasteiger partial charge in [-0.3, -0.25) is 14.5 Å². The average Bonchev–Trinajstić information content (AvgIpc) is 3.44. The van der Waals surface area contributed by atoms with Crippen molar-refractivity contribution < 1.29 is 14.0 Å². The quantitative estimate of drug-likeness (QED) is 0.360. The molecule has 166 valence electrons. The van der Waals surface area contributed by atoms with Crippen LogP contribution in [-0.2, 0) is 22.6 Å². The van der Waals surface area contributed by atoms with Crippen molar-refractivity contribution in [3.8, 4) is 6.07 Å². The van der Waals surface area contributed by atoms with Gasteiger partial charge in [-0.25, -0.2) is 0 Å². The van der Waals surface area contributed by atoms with E-state index in [1.54, 1.807) is 24.3 Å². The van der Waals surface area contributed by atoms with Crippen LogP contribution < -0.4 is 10.2 Å². The summed E-state index contributed by atoms with van der Waals surface area (Å²) in [7, 11) is 0. The molecule has 1 fully saturated rings. The first kappa shape index (κ1) is 22.9. The highest BCUT2D eigenvalue weighted by Gasteiger charge is 2.40. The summed E-state index contributed by atoms with van der Waals surface area (Å²) in [5.74, 6) is -0.141. The Labute approximate surface area is 204 Å². The third-order valence-corrected chi connectivity index (χ3v) is 7.05. The maximum atomic E-state index is 13.5. The molecule has 3 aromatic rings. The minimum absolute atomic E-state index is 0.102. The molecule has 6 nitrogen and oxygen atoms in total. The Balaban J connectivity index is 1.69. The molecule has 0 saturated carbocycles. The lowest BCUT2D eigenvalue weighted by Crippen LogP contribution is -2.32. The molecule has 8 heteroatoms. The number of hydrogen-bond acceptors (Lipinski definition) is 5. The summed E-state index contributed by atoms with van der Waals surface area (Å²) in [5.41, 5.74) is 2.65. The zero-order valence-electron chi connectivity index (χ0n) is 17.7. The smallest absolute Gasteiger partial charge is 0.265 e. The zero-order chi connectivity index (χ0) is 23.4. The maximum absolute atomic E-state index is 13.5. The van der Waals surface area contributed by atoms with Crippen molar-refractivity contribution in [1.82, 2.24) is 5.32 Å². The summed E-state index contributed by atoms with van der Waals surface area (Å²) in [6, 6.07) is 20.6. The normalized spacial score (nSPS) is 17.1. The van der Waals surface area contributed by atoms with Gasteiger partial charge in [0, 0.05) is 10.2 Å². The van der Waals surface area contributed by atoms with Crippen LogP contribution in [0.1, 0.15) is 16.9 Å². The predicted octanol–water partition coefficient (Wildman–Crippen LogP) is 5.09. The molecule has 1 aliphatic rings. The number of thioether (sulfide) groups is 1. The van der Waals surface area contributed by atoms with E-state index in [-0.39, 0.29) is 18.0 Å². The number of carbonyl (C=O) groups is 2. The number of halogens is 1. The highest BCUT2D eigenvalue weighted by molar-refractivity contribution is 9.10. The van der Waals surface area contributed by atoms with Crippen LogP contribution in [0.2, 0.25) is 0 Å². The summed E-state index contributed by atoms with van der Waals surface area (Å²) in [5, 5.41) is 12.5. The van der Waals surface area contributed by atoms with Gasteiger partial charge in [0.05, 0.1) is 18.1 Å². The molecule has 0 aliphatic carbocycles. The number of nitriles is 1. The minimum atomic E-state index is -0.553. The highest BCUT2D eigenvalue weighted by Crippen LogP contribution is 2.42. The minimum Gasteiger partial charge on any atom is -0.467 e. The molecule has 0 bridgehead atoms. The molecule has 1 N–H and O–H groups in total. The number of benzene rings is 2. The number of carbonyl (C=O) groups excluding carboxylic acids is 2. The van der Waals surface area contributed by atoms with E-state index in [2.05, 4.69) is 21.2 Å². The van der Waals surface area contributed by atoms with Gasteiger partial charge in [0.1, 0.15) is 22.4 Å². The Hall–Kier alpha value is -3.28. The second-order valence-corrected chi connectivity index (χ2v) is 9.55. The van der Waals surface area contributed by atoms with E-state index < -0.39 is 11.2 Å². The molecule has 0 radical (unpaired) electrons. The van der Waals surface area contributed by atoms with E-state index in [9.17, 15) is 14.9 Å². The summed E-state index contributed by atoms with van der Waals surface area (Å²) in [6.45, 7) is 2.15. The van der Waals surface area contributed by atoms with E-state index in [0.29, 0.717) is 22.9 Å². The van der Waals surface area contributed by atoms with Gasteiger partial charge < -0.3 is 9.73 Å². The second-order valence-electron chi connectivity index (χ2n) is 7.44. The molecule has 2 amide bonds. The Morgan fingerprint density at radius 3 is 2.61 bits per heavy atom. The Kier molecular flexibility index (Phi) is 7.02. The van der Waals surface area contributed by atoms with Crippen molar-refractivity contribution in [3.05, 3.63) is 98.9 Å². The molecule has 2 heterocycles. The lowest BCUT2D eigenvalue weighted by Gasteiger charge is -2.19. The van der Waals surface area contributed by atoms with Gasteiger partial charge in [0.2, 0.25) is 5.91 Å². The molecule has 1 aromatic heterocycles. The molecule has 1 unspecified atom stereocenters. The molecule has 0 spiro atoms. The molecule has 2 aromatic carbocycles. The molecule has 1 atom stereocenters. The van der Waals surface area contributed by atoms with E-state index in [1.165, 1.54) is 22.9 Å². The van der Waals surface area contributed by atoms with Crippen LogP contribution in [0.25, 0.3) is 0 Å². The Bertz CT molecular complexity index is 1250. The topological polar surface area (TPSA) is 86.3 Å². The van der Waals surface area contributed by atoms with Gasteiger partial charge in [-0.1, -0.05) is 52.0 Å². The number of rotatable bonds is 6. The Morgan fingerprint density at radius 1 is 1.18 bits per heavy atom. The first-order valence-electron chi connectivity index (χ1n) is 10.2. The Morgan fingerprint density at radius 2 is 1.94 bits per heavy atom. The molecular formula is C25H20BrN3O3S. The number of aryl methyl sites for hydroxylation is 1. The van der Waals surface area contributed by atoms with Crippen LogP contribution in [-0.4, -0.2) is 17.1 Å². The first-order valence-corrected chi connectivity index (χ1v) is 11.9.